The average Bonchev–Trinajstić information content (AvgIpc) is 2.74. The van der Waals surface area contributed by atoms with Crippen LogP contribution in [-0.2, 0) is 15.0 Å². The van der Waals surface area contributed by atoms with Crippen LogP contribution < -0.4 is 9.47 Å². The minimum Gasteiger partial charge on any atom is -0.425 e. The zero-order valence-electron chi connectivity index (χ0n) is 15.7. The summed E-state index contributed by atoms with van der Waals surface area (Å²) in [5, 5.41) is 0. The van der Waals surface area contributed by atoms with E-state index in [1.54, 1.807) is 72.8 Å². The molecule has 0 atom stereocenters. The first-order valence-corrected chi connectivity index (χ1v) is 9.27. The predicted molar refractivity (Wildman–Crippen MR) is 107 cm³/mol. The standard InChI is InChI=1S/C24H22O4/c1-2-18-24(19-12-6-3-7-13-19,22(25)27-20-14-8-4-9-15-20)23(26)28-21-16-10-5-11-17-21/h3-17H,2,18H2,1H3. The molecule has 0 fully saturated rings. The number of esters is 2. The molecule has 4 heteroatoms. The van der Waals surface area contributed by atoms with Crippen molar-refractivity contribution in [2.45, 2.75) is 25.2 Å². The molecule has 0 aromatic heterocycles. The van der Waals surface area contributed by atoms with E-state index in [0.717, 1.165) is 0 Å². The Morgan fingerprint density at radius 3 is 1.46 bits per heavy atom. The number of ether oxygens (including phenoxy) is 2. The minimum atomic E-state index is -1.55. The lowest BCUT2D eigenvalue weighted by molar-refractivity contribution is -0.154. The van der Waals surface area contributed by atoms with E-state index in [1.807, 2.05) is 25.1 Å². The molecule has 28 heavy (non-hydrogen) atoms. The molecule has 4 nitrogen and oxygen atoms in total. The molecule has 0 unspecified atom stereocenters. The Labute approximate surface area is 164 Å². The molecule has 0 spiro atoms. The Morgan fingerprint density at radius 1 is 0.679 bits per heavy atom. The molecule has 0 saturated carbocycles. The third kappa shape index (κ3) is 4.12. The summed E-state index contributed by atoms with van der Waals surface area (Å²) >= 11 is 0. The summed E-state index contributed by atoms with van der Waals surface area (Å²) in [7, 11) is 0. The van der Waals surface area contributed by atoms with Crippen LogP contribution in [0.25, 0.3) is 0 Å². The smallest absolute Gasteiger partial charge is 0.333 e. The average molecular weight is 374 g/mol. The van der Waals surface area contributed by atoms with Crippen molar-refractivity contribution in [3.05, 3.63) is 96.6 Å². The first kappa shape index (κ1) is 19.4. The third-order valence-corrected chi connectivity index (χ3v) is 4.50. The van der Waals surface area contributed by atoms with Crippen LogP contribution in [0, 0.1) is 0 Å². The third-order valence-electron chi connectivity index (χ3n) is 4.50. The van der Waals surface area contributed by atoms with Crippen LogP contribution in [0.2, 0.25) is 0 Å². The van der Waals surface area contributed by atoms with Crippen LogP contribution in [0.5, 0.6) is 11.5 Å². The number of hydrogen-bond donors (Lipinski definition) is 0. The number of carbonyl (C=O) groups excluding carboxylic acids is 2. The number of hydrogen-bond acceptors (Lipinski definition) is 4. The van der Waals surface area contributed by atoms with Crippen molar-refractivity contribution in [1.29, 1.82) is 0 Å². The Balaban J connectivity index is 2.03. The summed E-state index contributed by atoms with van der Waals surface area (Å²) in [4.78, 5) is 26.7. The van der Waals surface area contributed by atoms with Gasteiger partial charge in [0.15, 0.2) is 5.41 Å². The number of benzene rings is 3. The highest BCUT2D eigenvalue weighted by Crippen LogP contribution is 2.34. The van der Waals surface area contributed by atoms with Gasteiger partial charge in [0.05, 0.1) is 0 Å². The van der Waals surface area contributed by atoms with Crippen LogP contribution in [0.4, 0.5) is 0 Å². The van der Waals surface area contributed by atoms with E-state index in [4.69, 9.17) is 9.47 Å². The van der Waals surface area contributed by atoms with Gasteiger partial charge >= 0.3 is 11.9 Å². The molecule has 0 N–H and O–H groups in total. The second kappa shape index (κ2) is 9.00. The topological polar surface area (TPSA) is 52.6 Å². The van der Waals surface area contributed by atoms with Crippen molar-refractivity contribution >= 4 is 11.9 Å². The fourth-order valence-electron chi connectivity index (χ4n) is 3.13. The van der Waals surface area contributed by atoms with Gasteiger partial charge in [0.25, 0.3) is 0 Å². The van der Waals surface area contributed by atoms with E-state index in [1.165, 1.54) is 0 Å². The molecule has 3 aromatic rings. The van der Waals surface area contributed by atoms with E-state index in [0.29, 0.717) is 23.5 Å². The van der Waals surface area contributed by atoms with Crippen molar-refractivity contribution in [3.8, 4) is 11.5 Å². The Hall–Kier alpha value is -3.40. The van der Waals surface area contributed by atoms with Crippen molar-refractivity contribution in [2.75, 3.05) is 0 Å². The second-order valence-corrected chi connectivity index (χ2v) is 6.43. The molecule has 3 rings (SSSR count). The highest BCUT2D eigenvalue weighted by molar-refractivity contribution is 6.07. The van der Waals surface area contributed by atoms with Crippen molar-refractivity contribution in [2.24, 2.45) is 0 Å². The maximum absolute atomic E-state index is 13.3. The lowest BCUT2D eigenvalue weighted by Crippen LogP contribution is -2.48. The highest BCUT2D eigenvalue weighted by atomic mass is 16.6. The van der Waals surface area contributed by atoms with Gasteiger partial charge in [-0.3, -0.25) is 9.59 Å². The Morgan fingerprint density at radius 2 is 1.07 bits per heavy atom. The molecule has 0 aliphatic heterocycles. The van der Waals surface area contributed by atoms with Gasteiger partial charge in [0.2, 0.25) is 0 Å². The van der Waals surface area contributed by atoms with Crippen LogP contribution in [-0.4, -0.2) is 11.9 Å². The molecule has 0 aliphatic carbocycles. The Bertz CT molecular complexity index is 852. The van der Waals surface area contributed by atoms with Gasteiger partial charge in [-0.15, -0.1) is 0 Å². The van der Waals surface area contributed by atoms with Gasteiger partial charge < -0.3 is 9.47 Å². The van der Waals surface area contributed by atoms with Gasteiger partial charge in [0, 0.05) is 0 Å². The zero-order valence-corrected chi connectivity index (χ0v) is 15.7. The van der Waals surface area contributed by atoms with Gasteiger partial charge in [-0.25, -0.2) is 0 Å². The van der Waals surface area contributed by atoms with Gasteiger partial charge in [-0.2, -0.15) is 0 Å². The minimum absolute atomic E-state index is 0.272. The fraction of sp³-hybridized carbons (Fsp3) is 0.167. The summed E-state index contributed by atoms with van der Waals surface area (Å²) in [6, 6.07) is 26.4. The first-order valence-electron chi connectivity index (χ1n) is 9.27. The quantitative estimate of drug-likeness (QED) is 0.334. The first-order chi connectivity index (χ1) is 13.7. The van der Waals surface area contributed by atoms with Crippen molar-refractivity contribution < 1.29 is 19.1 Å². The van der Waals surface area contributed by atoms with Crippen molar-refractivity contribution in [3.63, 3.8) is 0 Å². The SMILES string of the molecule is CCCC(C(=O)Oc1ccccc1)(C(=O)Oc1ccccc1)c1ccccc1. The Kier molecular flexibility index (Phi) is 6.22. The van der Waals surface area contributed by atoms with E-state index in [2.05, 4.69) is 0 Å². The predicted octanol–water partition coefficient (Wildman–Crippen LogP) is 4.94. The normalized spacial score (nSPS) is 10.9. The zero-order chi connectivity index (χ0) is 19.8. The van der Waals surface area contributed by atoms with E-state index < -0.39 is 17.4 Å². The van der Waals surface area contributed by atoms with E-state index in [9.17, 15) is 9.59 Å². The molecule has 0 bridgehead atoms. The number of rotatable bonds is 7. The fourth-order valence-corrected chi connectivity index (χ4v) is 3.13. The van der Waals surface area contributed by atoms with Gasteiger partial charge in [-0.05, 0) is 36.2 Å². The summed E-state index contributed by atoms with van der Waals surface area (Å²) in [5.41, 5.74) is -1.000. The lowest BCUT2D eigenvalue weighted by Gasteiger charge is -2.29. The second-order valence-electron chi connectivity index (χ2n) is 6.43. The van der Waals surface area contributed by atoms with Gasteiger partial charge in [0.1, 0.15) is 11.5 Å². The van der Waals surface area contributed by atoms with Crippen LogP contribution in [0.15, 0.2) is 91.0 Å². The van der Waals surface area contributed by atoms with Crippen LogP contribution in [0.3, 0.4) is 0 Å². The monoisotopic (exact) mass is 374 g/mol. The van der Waals surface area contributed by atoms with Crippen LogP contribution >= 0.6 is 0 Å². The molecular formula is C24H22O4. The molecular weight excluding hydrogens is 352 g/mol. The molecule has 3 aromatic carbocycles. The maximum Gasteiger partial charge on any atom is 0.333 e. The van der Waals surface area contributed by atoms with Crippen molar-refractivity contribution in [1.82, 2.24) is 0 Å². The summed E-state index contributed by atoms with van der Waals surface area (Å²) < 4.78 is 11.2. The molecule has 0 saturated heterocycles. The largest absolute Gasteiger partial charge is 0.425 e. The van der Waals surface area contributed by atoms with E-state index >= 15 is 0 Å². The maximum atomic E-state index is 13.3. The number of carbonyl (C=O) groups is 2. The highest BCUT2D eigenvalue weighted by Gasteiger charge is 2.50. The lowest BCUT2D eigenvalue weighted by atomic mass is 9.76. The van der Waals surface area contributed by atoms with Crippen LogP contribution in [0.1, 0.15) is 25.3 Å². The molecule has 0 amide bonds. The van der Waals surface area contributed by atoms with E-state index in [-0.39, 0.29) is 6.42 Å². The number of para-hydroxylation sites is 2. The molecule has 0 radical (unpaired) electrons. The summed E-state index contributed by atoms with van der Waals surface area (Å²) in [6.07, 6.45) is 0.872. The molecule has 0 heterocycles. The summed E-state index contributed by atoms with van der Waals surface area (Å²) in [5.74, 6) is -0.520. The molecule has 0 aliphatic rings. The van der Waals surface area contributed by atoms with Gasteiger partial charge in [-0.1, -0.05) is 80.1 Å². The summed E-state index contributed by atoms with van der Waals surface area (Å²) in [6.45, 7) is 1.92. The molecule has 142 valence electrons.